The Kier molecular flexibility index (Phi) is 7.46. The number of benzene rings is 1. The fourth-order valence-electron chi connectivity index (χ4n) is 3.17. The van der Waals surface area contributed by atoms with Gasteiger partial charge in [-0.05, 0) is 36.3 Å². The number of aliphatic hydroxyl groups excluding tert-OH is 3. The minimum Gasteiger partial charge on any atom is -0.393 e. The molecule has 1 unspecified atom stereocenters. The van der Waals surface area contributed by atoms with Gasteiger partial charge in [0.15, 0.2) is 6.35 Å². The summed E-state index contributed by atoms with van der Waals surface area (Å²) in [5.74, 6) is 0. The van der Waals surface area contributed by atoms with Crippen LogP contribution in [-0.4, -0.2) is 51.3 Å². The number of hydrogen-bond acceptors (Lipinski definition) is 6. The van der Waals surface area contributed by atoms with E-state index in [2.05, 4.69) is 10.3 Å². The number of anilines is 1. The first-order valence-electron chi connectivity index (χ1n) is 9.29. The molecule has 1 aliphatic rings. The van der Waals surface area contributed by atoms with Crippen molar-refractivity contribution in [1.29, 1.82) is 0 Å². The molecule has 0 aliphatic carbocycles. The van der Waals surface area contributed by atoms with Crippen molar-refractivity contribution >= 4 is 34.5 Å². The topological polar surface area (TPSA) is 88.9 Å². The molecule has 2 atom stereocenters. The zero-order valence-corrected chi connectivity index (χ0v) is 17.6. The van der Waals surface area contributed by atoms with Crippen molar-refractivity contribution < 1.29 is 28.5 Å². The highest BCUT2D eigenvalue weighted by atomic mass is 35.5. The Labute approximate surface area is 186 Å². The summed E-state index contributed by atoms with van der Waals surface area (Å²) in [5, 5.41) is 31.7. The van der Waals surface area contributed by atoms with Crippen LogP contribution in [0.2, 0.25) is 10.0 Å². The van der Waals surface area contributed by atoms with E-state index < -0.39 is 35.8 Å². The smallest absolute Gasteiger partial charge is 0.393 e. The largest absolute Gasteiger partial charge is 0.417 e. The zero-order chi connectivity index (χ0) is 22.8. The minimum atomic E-state index is -4.55. The van der Waals surface area contributed by atoms with Gasteiger partial charge in [-0.15, -0.1) is 0 Å². The van der Waals surface area contributed by atoms with Gasteiger partial charge in [-0.1, -0.05) is 29.3 Å². The summed E-state index contributed by atoms with van der Waals surface area (Å²) in [5.41, 5.74) is 1.12. The van der Waals surface area contributed by atoms with Crippen LogP contribution < -0.4 is 5.32 Å². The lowest BCUT2D eigenvalue weighted by Crippen LogP contribution is -2.43. The van der Waals surface area contributed by atoms with E-state index in [9.17, 15) is 23.4 Å². The van der Waals surface area contributed by atoms with Gasteiger partial charge in [0.2, 0.25) is 0 Å². The summed E-state index contributed by atoms with van der Waals surface area (Å²) in [6, 6.07) is 4.72. The lowest BCUT2D eigenvalue weighted by Gasteiger charge is -2.31. The molecule has 1 aromatic carbocycles. The van der Waals surface area contributed by atoms with Gasteiger partial charge in [0.1, 0.15) is 6.10 Å². The van der Waals surface area contributed by atoms with Crippen LogP contribution in [0.15, 0.2) is 36.5 Å². The Hall–Kier alpha value is -1.88. The van der Waals surface area contributed by atoms with Crippen LogP contribution in [-0.2, 0) is 6.18 Å². The second-order valence-electron chi connectivity index (χ2n) is 6.98. The lowest BCUT2D eigenvalue weighted by molar-refractivity contribution is -0.137. The van der Waals surface area contributed by atoms with Crippen molar-refractivity contribution in [3.05, 3.63) is 63.4 Å². The van der Waals surface area contributed by atoms with Gasteiger partial charge in [0.05, 0.1) is 27.9 Å². The molecule has 11 heteroatoms. The molecule has 4 N–H and O–H groups in total. The van der Waals surface area contributed by atoms with Gasteiger partial charge < -0.3 is 20.6 Å². The molecule has 0 saturated carbocycles. The van der Waals surface area contributed by atoms with Crippen LogP contribution in [0.1, 0.15) is 29.3 Å². The molecule has 0 bridgehead atoms. The number of hydrogen-bond donors (Lipinski definition) is 4. The molecule has 3 rings (SSSR count). The highest BCUT2D eigenvalue weighted by molar-refractivity contribution is 6.32. The van der Waals surface area contributed by atoms with Crippen molar-refractivity contribution in [3.63, 3.8) is 0 Å². The molecule has 31 heavy (non-hydrogen) atoms. The van der Waals surface area contributed by atoms with Gasteiger partial charge in [-0.25, -0.2) is 0 Å². The van der Waals surface area contributed by atoms with Crippen LogP contribution in [0.5, 0.6) is 0 Å². The maximum atomic E-state index is 12.8. The first-order chi connectivity index (χ1) is 14.6. The minimum absolute atomic E-state index is 0.253. The third-order valence-corrected chi connectivity index (χ3v) is 5.48. The molecule has 0 radical (unpaired) electrons. The molecule has 1 aliphatic heterocycles. The fourth-order valence-corrected chi connectivity index (χ4v) is 3.76. The van der Waals surface area contributed by atoms with E-state index in [4.69, 9.17) is 28.3 Å². The third kappa shape index (κ3) is 5.68. The van der Waals surface area contributed by atoms with Crippen molar-refractivity contribution in [3.8, 4) is 0 Å². The van der Waals surface area contributed by atoms with Gasteiger partial charge in [-0.2, -0.15) is 13.2 Å². The fraction of sp³-hybridized carbons (Fsp3) is 0.350. The summed E-state index contributed by atoms with van der Waals surface area (Å²) in [6.45, 7) is 0.342. The average molecular weight is 478 g/mol. The number of aliphatic hydroxyl groups is 3. The van der Waals surface area contributed by atoms with Crippen LogP contribution in [0.4, 0.5) is 18.9 Å². The number of aromatic nitrogens is 1. The average Bonchev–Trinajstić information content (AvgIpc) is 2.72. The molecule has 0 amide bonds. The summed E-state index contributed by atoms with van der Waals surface area (Å²) < 4.78 is 38.4. The Balaban J connectivity index is 1.65. The molecular weight excluding hydrogens is 458 g/mol. The van der Waals surface area contributed by atoms with Crippen molar-refractivity contribution in [2.75, 3.05) is 25.0 Å². The van der Waals surface area contributed by atoms with E-state index in [1.54, 1.807) is 11.0 Å². The molecule has 2 heterocycles. The summed E-state index contributed by atoms with van der Waals surface area (Å²) in [7, 11) is 0. The van der Waals surface area contributed by atoms with E-state index in [0.717, 1.165) is 17.7 Å². The molecule has 0 saturated heterocycles. The van der Waals surface area contributed by atoms with E-state index >= 15 is 0 Å². The predicted molar refractivity (Wildman–Crippen MR) is 112 cm³/mol. The van der Waals surface area contributed by atoms with Crippen molar-refractivity contribution in [2.24, 2.45) is 0 Å². The van der Waals surface area contributed by atoms with Crippen molar-refractivity contribution in [2.45, 2.75) is 25.1 Å². The molecule has 2 aromatic rings. The first-order valence-corrected chi connectivity index (χ1v) is 10.0. The number of nitrogens with zero attached hydrogens (tertiary/aromatic N) is 2. The van der Waals surface area contributed by atoms with Gasteiger partial charge in [0, 0.05) is 30.5 Å². The van der Waals surface area contributed by atoms with E-state index in [0.29, 0.717) is 35.8 Å². The Morgan fingerprint density at radius 3 is 2.45 bits per heavy atom. The van der Waals surface area contributed by atoms with Gasteiger partial charge >= 0.3 is 6.18 Å². The lowest BCUT2D eigenvalue weighted by atomic mass is 10.0. The SMILES string of the molecule is OC[C@H](O)c1cnc(C2=CCN(C(O)Nc3ccc(C(F)(F)F)c(Cl)c3)CC2)c(Cl)c1. The summed E-state index contributed by atoms with van der Waals surface area (Å²) in [6.07, 6.45) is -2.96. The molecule has 6 nitrogen and oxygen atoms in total. The highest BCUT2D eigenvalue weighted by Crippen LogP contribution is 2.36. The number of rotatable bonds is 6. The molecule has 0 fully saturated rings. The zero-order valence-electron chi connectivity index (χ0n) is 16.1. The molecule has 168 valence electrons. The van der Waals surface area contributed by atoms with E-state index in [1.165, 1.54) is 12.3 Å². The Morgan fingerprint density at radius 2 is 1.90 bits per heavy atom. The highest BCUT2D eigenvalue weighted by Gasteiger charge is 2.33. The van der Waals surface area contributed by atoms with Crippen LogP contribution in [0, 0.1) is 0 Å². The second kappa shape index (κ2) is 9.72. The molecule has 0 spiro atoms. The molecular formula is C20H20Cl2F3N3O3. The quantitative estimate of drug-likeness (QED) is 0.471. The van der Waals surface area contributed by atoms with Gasteiger partial charge in [0.25, 0.3) is 0 Å². The predicted octanol–water partition coefficient (Wildman–Crippen LogP) is 3.91. The number of pyridine rings is 1. The van der Waals surface area contributed by atoms with E-state index in [-0.39, 0.29) is 5.69 Å². The normalized spacial score (nSPS) is 17.2. The maximum Gasteiger partial charge on any atom is 0.417 e. The van der Waals surface area contributed by atoms with Crippen LogP contribution >= 0.6 is 23.2 Å². The Bertz CT molecular complexity index is 972. The monoisotopic (exact) mass is 477 g/mol. The number of nitrogens with one attached hydrogen (secondary N) is 1. The number of halogens is 5. The summed E-state index contributed by atoms with van der Waals surface area (Å²) in [4.78, 5) is 5.95. The maximum absolute atomic E-state index is 12.8. The third-order valence-electron chi connectivity index (χ3n) is 4.88. The van der Waals surface area contributed by atoms with Crippen LogP contribution in [0.25, 0.3) is 5.57 Å². The Morgan fingerprint density at radius 1 is 1.16 bits per heavy atom. The van der Waals surface area contributed by atoms with Crippen LogP contribution in [0.3, 0.4) is 0 Å². The first kappa shape index (κ1) is 23.8. The van der Waals surface area contributed by atoms with Crippen molar-refractivity contribution in [1.82, 2.24) is 9.88 Å². The second-order valence-corrected chi connectivity index (χ2v) is 7.80. The number of alkyl halides is 3. The van der Waals surface area contributed by atoms with E-state index in [1.807, 2.05) is 6.08 Å². The summed E-state index contributed by atoms with van der Waals surface area (Å²) >= 11 is 12.0. The molecule has 1 aromatic heterocycles. The van der Waals surface area contributed by atoms with Gasteiger partial charge in [-0.3, -0.25) is 9.88 Å². The standard InChI is InChI=1S/C20H20Cl2F3N3O3/c21-15-8-13(1-2-14(15)20(23,24)25)27-19(31)28-5-3-11(4-6-28)18-16(22)7-12(9-26-18)17(30)10-29/h1-3,7-9,17,19,27,29-31H,4-6,10H2/t17-,19?/m0/s1.